The Labute approximate surface area is 116 Å². The Morgan fingerprint density at radius 1 is 1.42 bits per heavy atom. The Kier molecular flexibility index (Phi) is 4.40. The molecule has 0 saturated carbocycles. The molecule has 0 aromatic carbocycles. The van der Waals surface area contributed by atoms with Crippen LogP contribution in [0.5, 0.6) is 0 Å². The molecule has 2 heterocycles. The highest BCUT2D eigenvalue weighted by atomic mass is 15.2. The van der Waals surface area contributed by atoms with Gasteiger partial charge in [-0.25, -0.2) is 9.97 Å². The van der Waals surface area contributed by atoms with Crippen LogP contribution in [0.15, 0.2) is 6.20 Å². The van der Waals surface area contributed by atoms with Crippen LogP contribution in [0.2, 0.25) is 0 Å². The van der Waals surface area contributed by atoms with E-state index < -0.39 is 0 Å². The first-order chi connectivity index (χ1) is 9.02. The summed E-state index contributed by atoms with van der Waals surface area (Å²) in [5.41, 5.74) is 2.33. The standard InChI is InChI=1S/C15H26N4/c1-10(2)15-17-8-14(13(18-15)7-16-5)19-9-11(3)6-12(19)4/h8,10-12,16H,6-7,9H2,1-5H3. The van der Waals surface area contributed by atoms with Gasteiger partial charge in [0.25, 0.3) is 0 Å². The van der Waals surface area contributed by atoms with Crippen LogP contribution in [-0.4, -0.2) is 29.6 Å². The molecule has 2 rings (SSSR count). The van der Waals surface area contributed by atoms with E-state index in [-0.39, 0.29) is 0 Å². The first kappa shape index (κ1) is 14.3. The molecule has 1 saturated heterocycles. The van der Waals surface area contributed by atoms with Crippen molar-refractivity contribution in [1.29, 1.82) is 0 Å². The molecule has 106 valence electrons. The molecule has 1 N–H and O–H groups in total. The Morgan fingerprint density at radius 2 is 2.16 bits per heavy atom. The minimum Gasteiger partial charge on any atom is -0.366 e. The van der Waals surface area contributed by atoms with E-state index in [1.165, 1.54) is 12.1 Å². The third kappa shape index (κ3) is 3.06. The number of aromatic nitrogens is 2. The molecule has 1 aromatic rings. The summed E-state index contributed by atoms with van der Waals surface area (Å²) >= 11 is 0. The highest BCUT2D eigenvalue weighted by Crippen LogP contribution is 2.30. The maximum absolute atomic E-state index is 4.75. The highest BCUT2D eigenvalue weighted by Gasteiger charge is 2.28. The summed E-state index contributed by atoms with van der Waals surface area (Å²) < 4.78 is 0. The van der Waals surface area contributed by atoms with E-state index >= 15 is 0 Å². The predicted octanol–water partition coefficient (Wildman–Crippen LogP) is 2.55. The van der Waals surface area contributed by atoms with Crippen molar-refractivity contribution in [2.45, 2.75) is 52.6 Å². The number of hydrogen-bond donors (Lipinski definition) is 1. The van der Waals surface area contributed by atoms with Crippen molar-refractivity contribution in [2.24, 2.45) is 5.92 Å². The third-order valence-corrected chi connectivity index (χ3v) is 3.82. The predicted molar refractivity (Wildman–Crippen MR) is 79.5 cm³/mol. The molecule has 0 radical (unpaired) electrons. The summed E-state index contributed by atoms with van der Waals surface area (Å²) in [6, 6.07) is 0.583. The molecule has 1 fully saturated rings. The SMILES string of the molecule is CNCc1nc(C(C)C)ncc1N1CC(C)CC1C. The zero-order valence-corrected chi connectivity index (χ0v) is 12.8. The van der Waals surface area contributed by atoms with Gasteiger partial charge in [-0.15, -0.1) is 0 Å². The van der Waals surface area contributed by atoms with Gasteiger partial charge in [0.2, 0.25) is 0 Å². The van der Waals surface area contributed by atoms with Gasteiger partial charge in [-0.3, -0.25) is 0 Å². The third-order valence-electron chi connectivity index (χ3n) is 3.82. The quantitative estimate of drug-likeness (QED) is 0.905. The molecule has 2 unspecified atom stereocenters. The summed E-state index contributed by atoms with van der Waals surface area (Å²) in [5, 5.41) is 3.22. The van der Waals surface area contributed by atoms with Gasteiger partial charge in [-0.05, 0) is 26.3 Å². The molecule has 1 aliphatic heterocycles. The largest absolute Gasteiger partial charge is 0.366 e. The first-order valence-electron chi connectivity index (χ1n) is 7.30. The molecule has 4 heteroatoms. The molecule has 19 heavy (non-hydrogen) atoms. The lowest BCUT2D eigenvalue weighted by atomic mass is 10.1. The maximum atomic E-state index is 4.75. The van der Waals surface area contributed by atoms with Crippen LogP contribution in [0, 0.1) is 5.92 Å². The van der Waals surface area contributed by atoms with Gasteiger partial charge in [0.05, 0.1) is 17.6 Å². The van der Waals surface area contributed by atoms with E-state index in [4.69, 9.17) is 4.98 Å². The maximum Gasteiger partial charge on any atom is 0.131 e. The van der Waals surface area contributed by atoms with Crippen LogP contribution in [0.4, 0.5) is 5.69 Å². The van der Waals surface area contributed by atoms with Gasteiger partial charge in [0.1, 0.15) is 5.82 Å². The lowest BCUT2D eigenvalue weighted by molar-refractivity contribution is 0.625. The van der Waals surface area contributed by atoms with Crippen LogP contribution in [0.3, 0.4) is 0 Å². The smallest absolute Gasteiger partial charge is 0.131 e. The minimum atomic E-state index is 0.375. The summed E-state index contributed by atoms with van der Waals surface area (Å²) in [4.78, 5) is 11.8. The van der Waals surface area contributed by atoms with Crippen molar-refractivity contribution in [3.8, 4) is 0 Å². The Bertz CT molecular complexity index is 430. The lowest BCUT2D eigenvalue weighted by Crippen LogP contribution is -2.29. The summed E-state index contributed by atoms with van der Waals surface area (Å²) in [7, 11) is 1.97. The van der Waals surface area contributed by atoms with Crippen LogP contribution in [0.25, 0.3) is 0 Å². The van der Waals surface area contributed by atoms with E-state index in [1.807, 2.05) is 13.2 Å². The molecule has 1 aliphatic rings. The van der Waals surface area contributed by atoms with Gasteiger partial charge in [-0.1, -0.05) is 20.8 Å². The second kappa shape index (κ2) is 5.87. The minimum absolute atomic E-state index is 0.375. The zero-order chi connectivity index (χ0) is 14.0. The van der Waals surface area contributed by atoms with E-state index in [2.05, 4.69) is 42.9 Å². The number of nitrogens with one attached hydrogen (secondary N) is 1. The molecule has 0 bridgehead atoms. The van der Waals surface area contributed by atoms with E-state index in [1.54, 1.807) is 0 Å². The Balaban J connectivity index is 2.33. The van der Waals surface area contributed by atoms with Crippen LogP contribution in [0.1, 0.15) is 51.6 Å². The fourth-order valence-corrected chi connectivity index (χ4v) is 2.88. The molecular formula is C15H26N4. The second-order valence-electron chi connectivity index (χ2n) is 6.09. The van der Waals surface area contributed by atoms with Crippen molar-refractivity contribution in [3.63, 3.8) is 0 Å². The van der Waals surface area contributed by atoms with E-state index in [0.717, 1.165) is 30.5 Å². The van der Waals surface area contributed by atoms with Crippen LogP contribution < -0.4 is 10.2 Å². The van der Waals surface area contributed by atoms with Crippen LogP contribution >= 0.6 is 0 Å². The van der Waals surface area contributed by atoms with Crippen molar-refractivity contribution < 1.29 is 0 Å². The molecule has 1 aromatic heterocycles. The molecule has 0 amide bonds. The van der Waals surface area contributed by atoms with E-state index in [9.17, 15) is 0 Å². The topological polar surface area (TPSA) is 41.1 Å². The zero-order valence-electron chi connectivity index (χ0n) is 12.8. The van der Waals surface area contributed by atoms with Crippen molar-refractivity contribution >= 4 is 5.69 Å². The van der Waals surface area contributed by atoms with Crippen molar-refractivity contribution in [2.75, 3.05) is 18.5 Å². The number of anilines is 1. The highest BCUT2D eigenvalue weighted by molar-refractivity contribution is 5.51. The van der Waals surface area contributed by atoms with Gasteiger partial charge in [-0.2, -0.15) is 0 Å². The molecular weight excluding hydrogens is 236 g/mol. The molecule has 0 aliphatic carbocycles. The number of rotatable bonds is 4. The normalized spacial score (nSPS) is 23.4. The van der Waals surface area contributed by atoms with Crippen LogP contribution in [-0.2, 0) is 6.54 Å². The van der Waals surface area contributed by atoms with Gasteiger partial charge < -0.3 is 10.2 Å². The van der Waals surface area contributed by atoms with Crippen molar-refractivity contribution in [1.82, 2.24) is 15.3 Å². The summed E-state index contributed by atoms with van der Waals surface area (Å²) in [6.07, 6.45) is 3.27. The second-order valence-corrected chi connectivity index (χ2v) is 6.09. The summed E-state index contributed by atoms with van der Waals surface area (Å²) in [6.45, 7) is 10.8. The number of hydrogen-bond acceptors (Lipinski definition) is 4. The van der Waals surface area contributed by atoms with Crippen molar-refractivity contribution in [3.05, 3.63) is 17.7 Å². The molecule has 0 spiro atoms. The van der Waals surface area contributed by atoms with Gasteiger partial charge in [0, 0.05) is 25.0 Å². The molecule has 4 nitrogen and oxygen atoms in total. The fraction of sp³-hybridized carbons (Fsp3) is 0.733. The Morgan fingerprint density at radius 3 is 2.68 bits per heavy atom. The number of nitrogens with zero attached hydrogens (tertiary/aromatic N) is 3. The Hall–Kier alpha value is -1.16. The van der Waals surface area contributed by atoms with E-state index in [0.29, 0.717) is 12.0 Å². The first-order valence-corrected chi connectivity index (χ1v) is 7.30. The van der Waals surface area contributed by atoms with Gasteiger partial charge in [0.15, 0.2) is 0 Å². The summed E-state index contributed by atoms with van der Waals surface area (Å²) in [5.74, 6) is 2.07. The average molecular weight is 262 g/mol. The average Bonchev–Trinajstić information content (AvgIpc) is 2.68. The molecule has 2 atom stereocenters. The fourth-order valence-electron chi connectivity index (χ4n) is 2.88. The lowest BCUT2D eigenvalue weighted by Gasteiger charge is -2.26. The monoisotopic (exact) mass is 262 g/mol. The van der Waals surface area contributed by atoms with Gasteiger partial charge >= 0.3 is 0 Å².